The Hall–Kier alpha value is -2.12. The molecule has 1 saturated heterocycles. The number of nitrogens with one attached hydrogen (secondary N) is 2. The number of amidine groups is 1. The Morgan fingerprint density at radius 1 is 1.25 bits per heavy atom. The lowest BCUT2D eigenvalue weighted by Gasteiger charge is -2.65. The number of phenols is 1. The second-order valence-corrected chi connectivity index (χ2v) is 10.6. The van der Waals surface area contributed by atoms with Crippen molar-refractivity contribution >= 4 is 11.7 Å². The zero-order valence-corrected chi connectivity index (χ0v) is 18.8. The quantitative estimate of drug-likeness (QED) is 0.329. The summed E-state index contributed by atoms with van der Waals surface area (Å²) < 4.78 is 0. The number of phenolic OH excluding ortho intramolecular Hbond substituents is 1. The Bertz CT molecular complexity index is 916. The molecule has 7 heteroatoms. The van der Waals surface area contributed by atoms with Crippen LogP contribution in [0.3, 0.4) is 0 Å². The van der Waals surface area contributed by atoms with Gasteiger partial charge in [-0.15, -0.1) is 0 Å². The molecule has 6 N–H and O–H groups in total. The van der Waals surface area contributed by atoms with Crippen molar-refractivity contribution in [3.05, 3.63) is 29.3 Å². The average Bonchev–Trinajstić information content (AvgIpc) is 3.55. The van der Waals surface area contributed by atoms with Gasteiger partial charge in [-0.2, -0.15) is 0 Å². The molecular weight excluding hydrogens is 404 g/mol. The second-order valence-electron chi connectivity index (χ2n) is 10.6. The Kier molecular flexibility index (Phi) is 5.45. The molecule has 2 saturated carbocycles. The molecule has 0 radical (unpaired) electrons. The van der Waals surface area contributed by atoms with Crippen LogP contribution in [-0.4, -0.2) is 57.6 Å². The summed E-state index contributed by atoms with van der Waals surface area (Å²) in [5, 5.41) is 33.1. The highest BCUT2D eigenvalue weighted by Gasteiger charge is 2.64. The Balaban J connectivity index is 1.41. The molecule has 4 atom stereocenters. The first kappa shape index (κ1) is 21.7. The van der Waals surface area contributed by atoms with Gasteiger partial charge in [-0.25, -0.2) is 0 Å². The van der Waals surface area contributed by atoms with Gasteiger partial charge in [0.25, 0.3) is 0 Å². The van der Waals surface area contributed by atoms with Crippen LogP contribution in [-0.2, 0) is 16.6 Å². The smallest absolute Gasteiger partial charge is 0.220 e. The molecule has 1 aliphatic heterocycles. The molecule has 5 rings (SSSR count). The lowest BCUT2D eigenvalue weighted by Crippen LogP contribution is -2.74. The first-order chi connectivity index (χ1) is 15.3. The van der Waals surface area contributed by atoms with Crippen molar-refractivity contribution in [3.63, 3.8) is 0 Å². The summed E-state index contributed by atoms with van der Waals surface area (Å²) in [7, 11) is 0. The third-order valence-electron chi connectivity index (χ3n) is 8.54. The number of aliphatic hydroxyl groups is 1. The summed E-state index contributed by atoms with van der Waals surface area (Å²) >= 11 is 0. The van der Waals surface area contributed by atoms with Crippen LogP contribution in [0, 0.1) is 11.3 Å². The van der Waals surface area contributed by atoms with Gasteiger partial charge in [0.15, 0.2) is 0 Å². The van der Waals surface area contributed by atoms with Crippen LogP contribution in [0.5, 0.6) is 5.75 Å². The minimum Gasteiger partial charge on any atom is -0.508 e. The number of amides is 1. The van der Waals surface area contributed by atoms with Crippen LogP contribution in [0.15, 0.2) is 18.2 Å². The summed E-state index contributed by atoms with van der Waals surface area (Å²) in [6.07, 6.45) is 7.77. The Labute approximate surface area is 189 Å². The van der Waals surface area contributed by atoms with Gasteiger partial charge >= 0.3 is 0 Å². The molecule has 3 aliphatic carbocycles. The fraction of sp³-hybridized carbons (Fsp3) is 0.680. The zero-order valence-electron chi connectivity index (χ0n) is 18.8. The van der Waals surface area contributed by atoms with E-state index in [0.717, 1.165) is 43.8 Å². The molecule has 174 valence electrons. The molecule has 0 spiro atoms. The fourth-order valence-corrected chi connectivity index (χ4v) is 6.81. The average molecular weight is 441 g/mol. The molecule has 32 heavy (non-hydrogen) atoms. The number of rotatable bonds is 7. The van der Waals surface area contributed by atoms with E-state index in [4.69, 9.17) is 11.1 Å². The molecule has 7 nitrogen and oxygen atoms in total. The summed E-state index contributed by atoms with van der Waals surface area (Å²) in [5.41, 5.74) is 6.44. The second kappa shape index (κ2) is 8.03. The fourth-order valence-electron chi connectivity index (χ4n) is 6.81. The van der Waals surface area contributed by atoms with Crippen molar-refractivity contribution in [1.82, 2.24) is 10.2 Å². The van der Waals surface area contributed by atoms with E-state index in [-0.39, 0.29) is 29.6 Å². The van der Waals surface area contributed by atoms with Crippen molar-refractivity contribution in [2.24, 2.45) is 11.7 Å². The largest absolute Gasteiger partial charge is 0.508 e. The van der Waals surface area contributed by atoms with Crippen molar-refractivity contribution in [2.45, 2.75) is 87.3 Å². The third-order valence-corrected chi connectivity index (χ3v) is 8.54. The van der Waals surface area contributed by atoms with Crippen LogP contribution < -0.4 is 11.1 Å². The van der Waals surface area contributed by atoms with Crippen LogP contribution in [0.2, 0.25) is 0 Å². The van der Waals surface area contributed by atoms with Crippen molar-refractivity contribution in [1.29, 1.82) is 5.41 Å². The standard InChI is InChI=1S/C25H36N4O3/c26-22(27)2-1-3-23(31)28-18-8-9-25(32)21-12-17-6-7-19(30)13-20(17)24(25,14-18)10-11-29(21)15-16-4-5-16/h6-7,13,16,18,21,30,32H,1-5,8-12,14-15H2,(H3,26,27)(H,28,31)/t18-,21-,24-,25-/m1/s1. The zero-order chi connectivity index (χ0) is 22.5. The predicted octanol–water partition coefficient (Wildman–Crippen LogP) is 2.18. The highest BCUT2D eigenvalue weighted by Crippen LogP contribution is 2.58. The van der Waals surface area contributed by atoms with E-state index in [9.17, 15) is 15.0 Å². The molecule has 2 bridgehead atoms. The van der Waals surface area contributed by atoms with Crippen molar-refractivity contribution in [2.75, 3.05) is 13.1 Å². The Morgan fingerprint density at radius 3 is 2.81 bits per heavy atom. The number of fused-ring (bicyclic) bond motifs is 1. The number of carbonyl (C=O) groups excluding carboxylic acids is 1. The molecule has 0 unspecified atom stereocenters. The van der Waals surface area contributed by atoms with Gasteiger partial charge in [0.2, 0.25) is 5.91 Å². The molecule has 4 aliphatic rings. The molecule has 1 amide bonds. The van der Waals surface area contributed by atoms with Crippen LogP contribution >= 0.6 is 0 Å². The number of likely N-dealkylation sites (tertiary alicyclic amines) is 1. The number of aromatic hydroxyl groups is 1. The van der Waals surface area contributed by atoms with Gasteiger partial charge < -0.3 is 21.3 Å². The number of nitrogens with two attached hydrogens (primary N) is 1. The highest BCUT2D eigenvalue weighted by molar-refractivity contribution is 5.79. The maximum absolute atomic E-state index is 12.6. The van der Waals surface area contributed by atoms with E-state index in [0.29, 0.717) is 32.1 Å². The van der Waals surface area contributed by atoms with Crippen molar-refractivity contribution in [3.8, 4) is 5.75 Å². The van der Waals surface area contributed by atoms with E-state index in [2.05, 4.69) is 10.2 Å². The summed E-state index contributed by atoms with van der Waals surface area (Å²) in [6.45, 7) is 2.03. The van der Waals surface area contributed by atoms with Crippen molar-refractivity contribution < 1.29 is 15.0 Å². The maximum Gasteiger partial charge on any atom is 0.220 e. The molecular formula is C25H36N4O3. The van der Waals surface area contributed by atoms with Gasteiger partial charge in [0, 0.05) is 36.9 Å². The Morgan fingerprint density at radius 2 is 2.06 bits per heavy atom. The number of nitrogens with zero attached hydrogens (tertiary/aromatic N) is 1. The number of hydrogen-bond acceptors (Lipinski definition) is 5. The minimum absolute atomic E-state index is 0.00374. The normalized spacial score (nSPS) is 33.8. The number of piperidine rings is 1. The molecule has 3 fully saturated rings. The minimum atomic E-state index is -0.837. The molecule has 0 aromatic heterocycles. The van der Waals surface area contributed by atoms with Gasteiger partial charge in [-0.05, 0) is 87.1 Å². The number of benzene rings is 1. The third kappa shape index (κ3) is 3.69. The summed E-state index contributed by atoms with van der Waals surface area (Å²) in [6, 6.07) is 5.76. The molecule has 1 aromatic rings. The highest BCUT2D eigenvalue weighted by atomic mass is 16.3. The predicted molar refractivity (Wildman–Crippen MR) is 123 cm³/mol. The van der Waals surface area contributed by atoms with Gasteiger partial charge in [0.05, 0.1) is 11.4 Å². The summed E-state index contributed by atoms with van der Waals surface area (Å²) in [4.78, 5) is 15.1. The first-order valence-electron chi connectivity index (χ1n) is 12.2. The molecule has 1 heterocycles. The number of carbonyl (C=O) groups is 1. The van der Waals surface area contributed by atoms with Crippen LogP contribution in [0.1, 0.15) is 68.9 Å². The van der Waals surface area contributed by atoms with Gasteiger partial charge in [0.1, 0.15) is 5.75 Å². The van der Waals surface area contributed by atoms with E-state index < -0.39 is 11.0 Å². The van der Waals surface area contributed by atoms with E-state index >= 15 is 0 Å². The van der Waals surface area contributed by atoms with E-state index in [1.807, 2.05) is 12.1 Å². The number of hydrogen-bond donors (Lipinski definition) is 5. The topological polar surface area (TPSA) is 123 Å². The van der Waals surface area contributed by atoms with Gasteiger partial charge in [-0.1, -0.05) is 6.07 Å². The van der Waals surface area contributed by atoms with Crippen LogP contribution in [0.25, 0.3) is 0 Å². The first-order valence-corrected chi connectivity index (χ1v) is 12.2. The summed E-state index contributed by atoms with van der Waals surface area (Å²) in [5.74, 6) is 1.13. The monoisotopic (exact) mass is 440 g/mol. The lowest BCUT2D eigenvalue weighted by atomic mass is 9.49. The lowest BCUT2D eigenvalue weighted by molar-refractivity contribution is -0.171. The van der Waals surface area contributed by atoms with Crippen LogP contribution in [0.4, 0.5) is 0 Å². The SMILES string of the molecule is N=C(N)CCCC(=O)N[C@@H]1CC[C@@]2(O)[C@H]3Cc4ccc(O)cc4[C@@]2(CCN3CC2CC2)C1. The van der Waals surface area contributed by atoms with Gasteiger partial charge in [-0.3, -0.25) is 15.1 Å². The van der Waals surface area contributed by atoms with E-state index in [1.54, 1.807) is 6.07 Å². The van der Waals surface area contributed by atoms with E-state index in [1.165, 1.54) is 18.4 Å². The maximum atomic E-state index is 12.6. The molecule has 1 aromatic carbocycles.